The van der Waals surface area contributed by atoms with Gasteiger partial charge in [-0.25, -0.2) is 0 Å². The van der Waals surface area contributed by atoms with E-state index in [1.54, 1.807) is 6.33 Å². The van der Waals surface area contributed by atoms with E-state index in [2.05, 4.69) is 52.7 Å². The molecule has 0 saturated heterocycles. The second kappa shape index (κ2) is 4.65. The van der Waals surface area contributed by atoms with Gasteiger partial charge in [-0.2, -0.15) is 5.10 Å². The number of fused-ring (bicyclic) bond motifs is 6. The average Bonchev–Trinajstić information content (AvgIpc) is 2.91. The zero-order valence-corrected chi connectivity index (χ0v) is 13.5. The molecule has 0 aliphatic rings. The van der Waals surface area contributed by atoms with E-state index >= 15 is 0 Å². The van der Waals surface area contributed by atoms with Gasteiger partial charge >= 0.3 is 0 Å². The number of hydrogen-bond acceptors (Lipinski definition) is 2. The maximum atomic E-state index is 4.25. The molecule has 0 fully saturated rings. The smallest absolute Gasteiger partial charge is 0.114 e. The molecule has 4 aromatic rings. The third kappa shape index (κ3) is 1.62. The second-order valence-corrected chi connectivity index (χ2v) is 4.91. The minimum absolute atomic E-state index is 0. The van der Waals surface area contributed by atoms with Gasteiger partial charge in [0.1, 0.15) is 6.33 Å². The van der Waals surface area contributed by atoms with E-state index in [1.807, 2.05) is 12.1 Å². The summed E-state index contributed by atoms with van der Waals surface area (Å²) in [6.45, 7) is 4.27. The van der Waals surface area contributed by atoms with Gasteiger partial charge in [-0.3, -0.25) is 0 Å². The predicted octanol–water partition coefficient (Wildman–Crippen LogP) is 3.45. The maximum Gasteiger partial charge on any atom is 0.114 e. The summed E-state index contributed by atoms with van der Waals surface area (Å²) in [5, 5.41) is 11.8. The van der Waals surface area contributed by atoms with E-state index in [4.69, 9.17) is 0 Å². The van der Waals surface area contributed by atoms with E-state index in [1.165, 1.54) is 27.4 Å². The summed E-state index contributed by atoms with van der Waals surface area (Å²) in [5.41, 5.74) is 4.56. The Morgan fingerprint density at radius 1 is 1.10 bits per heavy atom. The minimum Gasteiger partial charge on any atom is -0.323 e. The van der Waals surface area contributed by atoms with Crippen LogP contribution in [0.4, 0.5) is 0 Å². The number of nitrogens with zero attached hydrogens (tertiary/aromatic N) is 3. The summed E-state index contributed by atoms with van der Waals surface area (Å²) >= 11 is 0. The van der Waals surface area contributed by atoms with Crippen LogP contribution in [-0.2, 0) is 20.1 Å². The van der Waals surface area contributed by atoms with E-state index in [0.717, 1.165) is 11.0 Å². The molecule has 0 bridgehead atoms. The van der Waals surface area contributed by atoms with Crippen LogP contribution >= 0.6 is 0 Å². The molecule has 3 nitrogen and oxygen atoms in total. The fraction of sp³-hybridized carbons (Fsp3) is 0.125. The van der Waals surface area contributed by atoms with E-state index in [-0.39, 0.29) is 20.1 Å². The molecule has 0 amide bonds. The van der Waals surface area contributed by atoms with Crippen molar-refractivity contribution in [3.8, 4) is 0 Å². The molecule has 0 aliphatic carbocycles. The van der Waals surface area contributed by atoms with Crippen molar-refractivity contribution in [1.29, 1.82) is 0 Å². The SMILES string of the molecule is Cc1ccc(C)c2c1c1ccc[c-]c1c1nncn12.[Ir]. The van der Waals surface area contributed by atoms with E-state index < -0.39 is 0 Å². The zero-order valence-electron chi connectivity index (χ0n) is 11.1. The molecule has 0 unspecified atom stereocenters. The molecule has 2 aromatic carbocycles. The average molecular weight is 439 g/mol. The van der Waals surface area contributed by atoms with Crippen LogP contribution in [0.25, 0.3) is 27.3 Å². The third-order valence-electron chi connectivity index (χ3n) is 3.73. The Bertz CT molecular complexity index is 941. The molecule has 4 rings (SSSR count). The predicted molar refractivity (Wildman–Crippen MR) is 76.3 cm³/mol. The third-order valence-corrected chi connectivity index (χ3v) is 3.73. The number of hydrogen-bond donors (Lipinski definition) is 0. The number of pyridine rings is 1. The van der Waals surface area contributed by atoms with Gasteiger partial charge in [-0.15, -0.1) is 29.4 Å². The summed E-state index contributed by atoms with van der Waals surface area (Å²) in [5.74, 6) is 0. The van der Waals surface area contributed by atoms with Gasteiger partial charge in [0.25, 0.3) is 0 Å². The van der Waals surface area contributed by atoms with Crippen LogP contribution in [0, 0.1) is 19.9 Å². The van der Waals surface area contributed by atoms with Gasteiger partial charge in [0.15, 0.2) is 0 Å². The van der Waals surface area contributed by atoms with E-state index in [0.29, 0.717) is 0 Å². The van der Waals surface area contributed by atoms with Gasteiger partial charge in [0.05, 0.1) is 5.65 Å². The maximum absolute atomic E-state index is 4.25. The first kappa shape index (κ1) is 13.2. The Kier molecular flexibility index (Phi) is 3.08. The normalized spacial score (nSPS) is 11.1. The molecule has 0 N–H and O–H groups in total. The van der Waals surface area contributed by atoms with Crippen LogP contribution in [0.15, 0.2) is 36.7 Å². The van der Waals surface area contributed by atoms with Crippen LogP contribution in [0.5, 0.6) is 0 Å². The largest absolute Gasteiger partial charge is 0.323 e. The van der Waals surface area contributed by atoms with Crippen LogP contribution in [0.1, 0.15) is 11.1 Å². The topological polar surface area (TPSA) is 30.2 Å². The molecular weight excluding hydrogens is 426 g/mol. The van der Waals surface area contributed by atoms with Gasteiger partial charge < -0.3 is 4.40 Å². The summed E-state index contributed by atoms with van der Waals surface area (Å²) in [6, 6.07) is 13.7. The minimum atomic E-state index is 0. The van der Waals surface area contributed by atoms with Crippen LogP contribution in [0.3, 0.4) is 0 Å². The Morgan fingerprint density at radius 2 is 1.90 bits per heavy atom. The summed E-state index contributed by atoms with van der Waals surface area (Å²) in [6.07, 6.45) is 1.78. The molecule has 0 spiro atoms. The molecular formula is C16H12IrN3-. The van der Waals surface area contributed by atoms with Crippen molar-refractivity contribution in [2.75, 3.05) is 0 Å². The first-order valence-electron chi connectivity index (χ1n) is 6.29. The zero-order chi connectivity index (χ0) is 13.0. The monoisotopic (exact) mass is 439 g/mol. The quantitative estimate of drug-likeness (QED) is 0.311. The molecule has 2 heterocycles. The van der Waals surface area contributed by atoms with Gasteiger partial charge in [0, 0.05) is 25.6 Å². The Hall–Kier alpha value is -1.77. The first-order chi connectivity index (χ1) is 9.27. The van der Waals surface area contributed by atoms with Gasteiger partial charge in [0.2, 0.25) is 0 Å². The molecule has 0 atom stereocenters. The molecule has 0 aliphatic heterocycles. The molecule has 1 radical (unpaired) electrons. The van der Waals surface area contributed by atoms with Gasteiger partial charge in [-0.05, 0) is 24.8 Å². The molecule has 4 heteroatoms. The first-order valence-corrected chi connectivity index (χ1v) is 6.29. The number of aromatic nitrogens is 3. The van der Waals surface area contributed by atoms with Crippen molar-refractivity contribution in [1.82, 2.24) is 14.6 Å². The summed E-state index contributed by atoms with van der Waals surface area (Å²) in [7, 11) is 0. The van der Waals surface area contributed by atoms with Crippen molar-refractivity contribution in [2.45, 2.75) is 13.8 Å². The molecule has 2 aromatic heterocycles. The number of aryl methyl sites for hydroxylation is 2. The Balaban J connectivity index is 0.00000121. The number of rotatable bonds is 0. The van der Waals surface area contributed by atoms with Crippen molar-refractivity contribution in [2.24, 2.45) is 0 Å². The number of benzene rings is 2. The van der Waals surface area contributed by atoms with Crippen LogP contribution < -0.4 is 0 Å². The fourth-order valence-electron chi connectivity index (χ4n) is 2.85. The van der Waals surface area contributed by atoms with Crippen molar-refractivity contribution in [3.05, 3.63) is 53.9 Å². The standard InChI is InChI=1S/C16H12N3.Ir/c1-10-7-8-11(2)15-14(10)12-5-3-4-6-13(12)16-18-17-9-19(15)16;/h3-5,7-9H,1-2H3;/q-1;. The summed E-state index contributed by atoms with van der Waals surface area (Å²) < 4.78 is 2.07. The van der Waals surface area contributed by atoms with Crippen molar-refractivity contribution in [3.63, 3.8) is 0 Å². The van der Waals surface area contributed by atoms with E-state index in [9.17, 15) is 0 Å². The Morgan fingerprint density at radius 3 is 2.75 bits per heavy atom. The van der Waals surface area contributed by atoms with Gasteiger partial charge in [-0.1, -0.05) is 28.5 Å². The second-order valence-electron chi connectivity index (χ2n) is 4.91. The van der Waals surface area contributed by atoms with Crippen LogP contribution in [-0.4, -0.2) is 14.6 Å². The molecule has 101 valence electrons. The fourth-order valence-corrected chi connectivity index (χ4v) is 2.85. The van der Waals surface area contributed by atoms with Crippen molar-refractivity contribution < 1.29 is 20.1 Å². The van der Waals surface area contributed by atoms with Crippen LogP contribution in [0.2, 0.25) is 0 Å². The molecule has 0 saturated carbocycles. The van der Waals surface area contributed by atoms with Crippen molar-refractivity contribution >= 4 is 27.3 Å². The summed E-state index contributed by atoms with van der Waals surface area (Å²) in [4.78, 5) is 0. The Labute approximate surface area is 130 Å². The molecule has 20 heavy (non-hydrogen) atoms.